The van der Waals surface area contributed by atoms with E-state index in [1.165, 1.54) is 19.2 Å². The Kier molecular flexibility index (Phi) is 3.63. The number of hydrogen-bond donors (Lipinski definition) is 0. The average molecular weight is 298 g/mol. The molecule has 0 unspecified atom stereocenters. The number of benzene rings is 1. The van der Waals surface area contributed by atoms with Crippen LogP contribution in [0.2, 0.25) is 0 Å². The number of rotatable bonds is 3. The van der Waals surface area contributed by atoms with Gasteiger partial charge < -0.3 is 9.30 Å². The smallest absolute Gasteiger partial charge is 0.356 e. The standard InChI is InChI=1S/C17H15FN2O2/c1-20-8-7-14-12(9-11-3-5-13(18)6-4-11)10-15(17(21)22-2)19-16(14)20/h3-8,10H,9H2,1-2H3. The van der Waals surface area contributed by atoms with Crippen LogP contribution >= 0.6 is 0 Å². The Balaban J connectivity index is 2.10. The van der Waals surface area contributed by atoms with Gasteiger partial charge in [0.25, 0.3) is 0 Å². The number of methoxy groups -OCH3 is 1. The zero-order chi connectivity index (χ0) is 15.7. The molecule has 4 nitrogen and oxygen atoms in total. The highest BCUT2D eigenvalue weighted by Gasteiger charge is 2.14. The Morgan fingerprint density at radius 2 is 2.00 bits per heavy atom. The highest BCUT2D eigenvalue weighted by Crippen LogP contribution is 2.22. The monoisotopic (exact) mass is 298 g/mol. The van der Waals surface area contributed by atoms with Crippen LogP contribution in [-0.4, -0.2) is 22.6 Å². The molecule has 0 spiro atoms. The van der Waals surface area contributed by atoms with Crippen molar-refractivity contribution in [2.24, 2.45) is 7.05 Å². The summed E-state index contributed by atoms with van der Waals surface area (Å²) in [5.41, 5.74) is 2.92. The minimum atomic E-state index is -0.469. The van der Waals surface area contributed by atoms with Crippen LogP contribution < -0.4 is 0 Å². The van der Waals surface area contributed by atoms with E-state index in [1.807, 2.05) is 23.9 Å². The summed E-state index contributed by atoms with van der Waals surface area (Å²) in [4.78, 5) is 16.1. The summed E-state index contributed by atoms with van der Waals surface area (Å²) in [6.07, 6.45) is 2.49. The van der Waals surface area contributed by atoms with Crippen molar-refractivity contribution in [3.8, 4) is 0 Å². The summed E-state index contributed by atoms with van der Waals surface area (Å²) in [7, 11) is 3.21. The maximum absolute atomic E-state index is 13.0. The maximum Gasteiger partial charge on any atom is 0.356 e. The Hall–Kier alpha value is -2.69. The number of nitrogens with zero attached hydrogens (tertiary/aromatic N) is 2. The first-order valence-electron chi connectivity index (χ1n) is 6.86. The molecule has 0 saturated heterocycles. The normalized spacial score (nSPS) is 10.9. The molecule has 0 N–H and O–H groups in total. The summed E-state index contributed by atoms with van der Waals surface area (Å²) in [5.74, 6) is -0.734. The molecule has 0 aliphatic carbocycles. The molecule has 5 heteroatoms. The van der Waals surface area contributed by atoms with Crippen LogP contribution in [0.5, 0.6) is 0 Å². The molecule has 22 heavy (non-hydrogen) atoms. The van der Waals surface area contributed by atoms with E-state index in [0.29, 0.717) is 6.42 Å². The summed E-state index contributed by atoms with van der Waals surface area (Å²) in [6, 6.07) is 10.0. The predicted octanol–water partition coefficient (Wildman–Crippen LogP) is 3.09. The molecule has 0 atom stereocenters. The van der Waals surface area contributed by atoms with E-state index < -0.39 is 5.97 Å². The first-order valence-corrected chi connectivity index (χ1v) is 6.86. The van der Waals surface area contributed by atoms with Crippen molar-refractivity contribution in [3.05, 3.63) is 65.2 Å². The minimum Gasteiger partial charge on any atom is -0.464 e. The van der Waals surface area contributed by atoms with Gasteiger partial charge in [-0.2, -0.15) is 0 Å². The van der Waals surface area contributed by atoms with Crippen LogP contribution in [0.3, 0.4) is 0 Å². The van der Waals surface area contributed by atoms with E-state index in [4.69, 9.17) is 4.74 Å². The molecule has 0 fully saturated rings. The third kappa shape index (κ3) is 2.57. The van der Waals surface area contributed by atoms with E-state index in [-0.39, 0.29) is 11.5 Å². The molecule has 3 aromatic rings. The van der Waals surface area contributed by atoms with Gasteiger partial charge in [0.1, 0.15) is 11.5 Å². The number of halogens is 1. The lowest BCUT2D eigenvalue weighted by Gasteiger charge is -2.07. The second-order valence-corrected chi connectivity index (χ2v) is 5.13. The van der Waals surface area contributed by atoms with Gasteiger partial charge in [0.15, 0.2) is 5.69 Å². The molecule has 112 valence electrons. The lowest BCUT2D eigenvalue weighted by atomic mass is 10.0. The van der Waals surface area contributed by atoms with Gasteiger partial charge in [-0.3, -0.25) is 0 Å². The van der Waals surface area contributed by atoms with Gasteiger partial charge in [0.2, 0.25) is 0 Å². The van der Waals surface area contributed by atoms with Crippen LogP contribution in [0.15, 0.2) is 42.6 Å². The number of aromatic nitrogens is 2. The van der Waals surface area contributed by atoms with Crippen LogP contribution in [0, 0.1) is 5.82 Å². The lowest BCUT2D eigenvalue weighted by Crippen LogP contribution is -2.07. The van der Waals surface area contributed by atoms with Gasteiger partial charge in [0.05, 0.1) is 7.11 Å². The number of aryl methyl sites for hydroxylation is 1. The van der Waals surface area contributed by atoms with Gasteiger partial charge in [-0.15, -0.1) is 0 Å². The topological polar surface area (TPSA) is 44.1 Å². The largest absolute Gasteiger partial charge is 0.464 e. The molecular formula is C17H15FN2O2. The van der Waals surface area contributed by atoms with Crippen molar-refractivity contribution in [3.63, 3.8) is 0 Å². The molecule has 3 rings (SSSR count). The van der Waals surface area contributed by atoms with Crippen LogP contribution in [-0.2, 0) is 18.2 Å². The first-order chi connectivity index (χ1) is 10.6. The third-order valence-electron chi connectivity index (χ3n) is 3.63. The van der Waals surface area contributed by atoms with Gasteiger partial charge in [-0.05, 0) is 41.8 Å². The Morgan fingerprint density at radius 3 is 2.68 bits per heavy atom. The van der Waals surface area contributed by atoms with E-state index in [1.54, 1.807) is 18.2 Å². The fourth-order valence-corrected chi connectivity index (χ4v) is 2.48. The molecule has 0 saturated carbocycles. The Morgan fingerprint density at radius 1 is 1.27 bits per heavy atom. The third-order valence-corrected chi connectivity index (χ3v) is 3.63. The van der Waals surface area contributed by atoms with E-state index in [9.17, 15) is 9.18 Å². The molecule has 0 aliphatic heterocycles. The van der Waals surface area contributed by atoms with Crippen LogP contribution in [0.25, 0.3) is 11.0 Å². The van der Waals surface area contributed by atoms with Gasteiger partial charge >= 0.3 is 5.97 Å². The Bertz CT molecular complexity index is 838. The van der Waals surface area contributed by atoms with E-state index >= 15 is 0 Å². The fraction of sp³-hybridized carbons (Fsp3) is 0.176. The quantitative estimate of drug-likeness (QED) is 0.698. The summed E-state index contributed by atoms with van der Waals surface area (Å²) in [5, 5.41) is 0.972. The molecule has 0 amide bonds. The van der Waals surface area contributed by atoms with E-state index in [2.05, 4.69) is 4.98 Å². The van der Waals surface area contributed by atoms with Crippen molar-refractivity contribution in [1.82, 2.24) is 9.55 Å². The van der Waals surface area contributed by atoms with Crippen molar-refractivity contribution in [1.29, 1.82) is 0 Å². The summed E-state index contributed by atoms with van der Waals surface area (Å²) in [6.45, 7) is 0. The average Bonchev–Trinajstić information content (AvgIpc) is 2.90. The van der Waals surface area contributed by atoms with Gasteiger partial charge in [-0.1, -0.05) is 12.1 Å². The molecule has 1 aromatic carbocycles. The number of carbonyl (C=O) groups is 1. The zero-order valence-corrected chi connectivity index (χ0v) is 12.3. The predicted molar refractivity (Wildman–Crippen MR) is 81.3 cm³/mol. The Labute approximate surface area is 127 Å². The molecule has 0 bridgehead atoms. The summed E-state index contributed by atoms with van der Waals surface area (Å²) < 4.78 is 19.6. The maximum atomic E-state index is 13.0. The van der Waals surface area contributed by atoms with Gasteiger partial charge in [0, 0.05) is 18.6 Å². The van der Waals surface area contributed by atoms with Crippen LogP contribution in [0.4, 0.5) is 4.39 Å². The number of esters is 1. The number of ether oxygens (including phenoxy) is 1. The number of pyridine rings is 1. The van der Waals surface area contributed by atoms with Crippen molar-refractivity contribution in [2.45, 2.75) is 6.42 Å². The molecule has 0 aliphatic rings. The van der Waals surface area contributed by atoms with Crippen molar-refractivity contribution in [2.75, 3.05) is 7.11 Å². The van der Waals surface area contributed by atoms with Crippen molar-refractivity contribution >= 4 is 17.0 Å². The summed E-state index contributed by atoms with van der Waals surface area (Å²) >= 11 is 0. The molecule has 0 radical (unpaired) electrons. The number of carbonyl (C=O) groups excluding carboxylic acids is 1. The minimum absolute atomic E-state index is 0.265. The number of fused-ring (bicyclic) bond motifs is 1. The van der Waals surface area contributed by atoms with Crippen LogP contribution in [0.1, 0.15) is 21.6 Å². The highest BCUT2D eigenvalue weighted by atomic mass is 19.1. The second-order valence-electron chi connectivity index (χ2n) is 5.13. The molecule has 2 heterocycles. The van der Waals surface area contributed by atoms with Gasteiger partial charge in [-0.25, -0.2) is 14.2 Å². The SMILES string of the molecule is COC(=O)c1cc(Cc2ccc(F)cc2)c2ccn(C)c2n1. The second kappa shape index (κ2) is 5.60. The zero-order valence-electron chi connectivity index (χ0n) is 12.3. The number of hydrogen-bond acceptors (Lipinski definition) is 3. The highest BCUT2D eigenvalue weighted by molar-refractivity contribution is 5.92. The van der Waals surface area contributed by atoms with E-state index in [0.717, 1.165) is 22.2 Å². The molecule has 2 aromatic heterocycles. The fourth-order valence-electron chi connectivity index (χ4n) is 2.48. The van der Waals surface area contributed by atoms with Crippen molar-refractivity contribution < 1.29 is 13.9 Å². The molecular weight excluding hydrogens is 283 g/mol. The first kappa shape index (κ1) is 14.3. The lowest BCUT2D eigenvalue weighted by molar-refractivity contribution is 0.0594.